The lowest BCUT2D eigenvalue weighted by molar-refractivity contribution is 0.0750. The normalized spacial score (nSPS) is 21.8. The lowest BCUT2D eigenvalue weighted by Gasteiger charge is -2.32. The van der Waals surface area contributed by atoms with Crippen LogP contribution in [-0.4, -0.2) is 66.9 Å². The van der Waals surface area contributed by atoms with Crippen molar-refractivity contribution in [2.45, 2.75) is 25.8 Å². The number of likely N-dealkylation sites (N-methyl/N-ethyl adjacent to an activating group) is 1. The van der Waals surface area contributed by atoms with Gasteiger partial charge in [-0.1, -0.05) is 18.2 Å². The molecule has 5 heteroatoms. The van der Waals surface area contributed by atoms with E-state index >= 15 is 0 Å². The molecular weight excluding hydrogens is 300 g/mol. The molecule has 1 saturated heterocycles. The summed E-state index contributed by atoms with van der Waals surface area (Å²) in [7, 11) is 2.16. The number of nitrogens with zero attached hydrogens (tertiary/aromatic N) is 4. The van der Waals surface area contributed by atoms with Gasteiger partial charge in [0.2, 0.25) is 0 Å². The van der Waals surface area contributed by atoms with Gasteiger partial charge in [-0.3, -0.25) is 4.79 Å². The second-order valence-electron chi connectivity index (χ2n) is 6.92. The predicted octanol–water partition coefficient (Wildman–Crippen LogP) is 2.04. The third kappa shape index (κ3) is 3.31. The number of benzene rings is 1. The molecule has 0 radical (unpaired) electrons. The monoisotopic (exact) mass is 326 g/mol. The third-order valence-electron chi connectivity index (χ3n) is 5.23. The van der Waals surface area contributed by atoms with Gasteiger partial charge in [-0.15, -0.1) is 0 Å². The number of carbonyl (C=O) groups is 1. The first-order valence-corrected chi connectivity index (χ1v) is 8.83. The molecule has 0 saturated carbocycles. The van der Waals surface area contributed by atoms with Crippen LogP contribution in [0.25, 0.3) is 0 Å². The first-order valence-electron chi connectivity index (χ1n) is 8.83. The van der Waals surface area contributed by atoms with E-state index < -0.39 is 6.04 Å². The summed E-state index contributed by atoms with van der Waals surface area (Å²) in [6.45, 7) is 8.22. The Hall–Kier alpha value is -1.90. The van der Waals surface area contributed by atoms with E-state index in [1.165, 1.54) is 0 Å². The second kappa shape index (κ2) is 7.33. The molecule has 0 bridgehead atoms. The van der Waals surface area contributed by atoms with Crippen molar-refractivity contribution >= 4 is 5.91 Å². The van der Waals surface area contributed by atoms with Crippen LogP contribution in [0.15, 0.2) is 18.2 Å². The molecule has 1 fully saturated rings. The Morgan fingerprint density at radius 2 is 1.88 bits per heavy atom. The first-order chi connectivity index (χ1) is 11.6. The minimum Gasteiger partial charge on any atom is -0.318 e. The highest BCUT2D eigenvalue weighted by Gasteiger charge is 2.37. The van der Waals surface area contributed by atoms with Gasteiger partial charge in [-0.05, 0) is 38.9 Å². The minimum atomic E-state index is -0.420. The van der Waals surface area contributed by atoms with Crippen LogP contribution in [0.2, 0.25) is 0 Å². The number of rotatable bonds is 5. The van der Waals surface area contributed by atoms with Gasteiger partial charge in [0.1, 0.15) is 6.04 Å². The molecule has 0 N–H and O–H groups in total. The Kier molecular flexibility index (Phi) is 5.17. The number of carbonyl (C=O) groups excluding carboxylic acids is 1. The van der Waals surface area contributed by atoms with Crippen molar-refractivity contribution in [1.29, 1.82) is 5.26 Å². The van der Waals surface area contributed by atoms with Gasteiger partial charge in [0.15, 0.2) is 0 Å². The molecular formula is C19H26N4O. The zero-order valence-corrected chi connectivity index (χ0v) is 14.7. The fourth-order valence-corrected chi connectivity index (χ4v) is 3.70. The molecule has 2 aliphatic heterocycles. The van der Waals surface area contributed by atoms with Crippen LogP contribution in [0.4, 0.5) is 0 Å². The predicted molar refractivity (Wildman–Crippen MR) is 93.7 cm³/mol. The summed E-state index contributed by atoms with van der Waals surface area (Å²) in [5.41, 5.74) is 2.59. The topological polar surface area (TPSA) is 50.6 Å². The van der Waals surface area contributed by atoms with Crippen LogP contribution in [-0.2, 0) is 0 Å². The van der Waals surface area contributed by atoms with Gasteiger partial charge in [0.05, 0.1) is 6.07 Å². The molecule has 1 amide bonds. The molecule has 1 atom stereocenters. The molecule has 0 aromatic heterocycles. The van der Waals surface area contributed by atoms with E-state index in [0.29, 0.717) is 6.54 Å². The largest absolute Gasteiger partial charge is 0.318 e. The SMILES string of the molecule is Cc1cccc2c1C(=O)N(CCCCN1CCN(C)CC1)C2C#N. The number of unbranched alkanes of at least 4 members (excludes halogenated alkanes) is 1. The molecule has 0 aliphatic carbocycles. The van der Waals surface area contributed by atoms with Crippen molar-refractivity contribution in [3.8, 4) is 6.07 Å². The number of hydrogen-bond donors (Lipinski definition) is 0. The van der Waals surface area contributed by atoms with E-state index in [2.05, 4.69) is 22.9 Å². The van der Waals surface area contributed by atoms with Crippen molar-refractivity contribution in [2.24, 2.45) is 0 Å². The van der Waals surface area contributed by atoms with Crippen LogP contribution in [0, 0.1) is 18.3 Å². The van der Waals surface area contributed by atoms with Crippen molar-refractivity contribution in [3.63, 3.8) is 0 Å². The Morgan fingerprint density at radius 1 is 1.17 bits per heavy atom. The molecule has 2 aliphatic rings. The van der Waals surface area contributed by atoms with Crippen molar-refractivity contribution in [2.75, 3.05) is 46.3 Å². The van der Waals surface area contributed by atoms with E-state index in [-0.39, 0.29) is 5.91 Å². The summed E-state index contributed by atoms with van der Waals surface area (Å²) in [5, 5.41) is 9.52. The molecule has 1 unspecified atom stereocenters. The van der Waals surface area contributed by atoms with E-state index in [1.54, 1.807) is 4.90 Å². The maximum atomic E-state index is 12.7. The lowest BCUT2D eigenvalue weighted by atomic mass is 10.0. The maximum Gasteiger partial charge on any atom is 0.255 e. The highest BCUT2D eigenvalue weighted by Crippen LogP contribution is 2.34. The standard InChI is InChI=1S/C19H26N4O/c1-15-6-5-7-16-17(14-20)23(19(24)18(15)16)9-4-3-8-22-12-10-21(2)11-13-22/h5-7,17H,3-4,8-13H2,1-2H3. The molecule has 3 rings (SSSR count). The summed E-state index contributed by atoms with van der Waals surface area (Å²) in [6, 6.07) is 7.69. The second-order valence-corrected chi connectivity index (χ2v) is 6.92. The van der Waals surface area contributed by atoms with E-state index in [9.17, 15) is 10.1 Å². The van der Waals surface area contributed by atoms with E-state index in [1.807, 2.05) is 25.1 Å². The van der Waals surface area contributed by atoms with Gasteiger partial charge in [0, 0.05) is 43.9 Å². The van der Waals surface area contributed by atoms with Crippen LogP contribution >= 0.6 is 0 Å². The highest BCUT2D eigenvalue weighted by atomic mass is 16.2. The maximum absolute atomic E-state index is 12.7. The number of fused-ring (bicyclic) bond motifs is 1. The number of piperazine rings is 1. The molecule has 2 heterocycles. The highest BCUT2D eigenvalue weighted by molar-refractivity contribution is 6.01. The number of amides is 1. The molecule has 1 aromatic carbocycles. The Labute approximate surface area is 144 Å². The zero-order valence-electron chi connectivity index (χ0n) is 14.7. The summed E-state index contributed by atoms with van der Waals surface area (Å²) in [6.07, 6.45) is 2.02. The average molecular weight is 326 g/mol. The number of aryl methyl sites for hydroxylation is 1. The van der Waals surface area contributed by atoms with Gasteiger partial charge >= 0.3 is 0 Å². The molecule has 128 valence electrons. The number of hydrogen-bond acceptors (Lipinski definition) is 4. The fraction of sp³-hybridized carbons (Fsp3) is 0.579. The molecule has 1 aromatic rings. The zero-order chi connectivity index (χ0) is 17.1. The molecule has 0 spiro atoms. The Bertz CT molecular complexity index is 643. The van der Waals surface area contributed by atoms with Gasteiger partial charge < -0.3 is 14.7 Å². The Morgan fingerprint density at radius 3 is 2.58 bits per heavy atom. The van der Waals surface area contributed by atoms with Crippen LogP contribution in [0.1, 0.15) is 40.4 Å². The fourth-order valence-electron chi connectivity index (χ4n) is 3.70. The van der Waals surface area contributed by atoms with Crippen LogP contribution < -0.4 is 0 Å². The summed E-state index contributed by atoms with van der Waals surface area (Å²) in [4.78, 5) is 19.3. The quantitative estimate of drug-likeness (QED) is 0.777. The van der Waals surface area contributed by atoms with Gasteiger partial charge in [-0.25, -0.2) is 0 Å². The van der Waals surface area contributed by atoms with Crippen molar-refractivity contribution in [1.82, 2.24) is 14.7 Å². The van der Waals surface area contributed by atoms with E-state index in [0.717, 1.165) is 62.3 Å². The Balaban J connectivity index is 1.53. The third-order valence-corrected chi connectivity index (χ3v) is 5.23. The lowest BCUT2D eigenvalue weighted by Crippen LogP contribution is -2.44. The smallest absolute Gasteiger partial charge is 0.255 e. The average Bonchev–Trinajstić information content (AvgIpc) is 2.86. The molecule has 5 nitrogen and oxygen atoms in total. The van der Waals surface area contributed by atoms with Crippen molar-refractivity contribution in [3.05, 3.63) is 34.9 Å². The molecule has 24 heavy (non-hydrogen) atoms. The first kappa shape index (κ1) is 16.9. The van der Waals surface area contributed by atoms with Crippen LogP contribution in [0.3, 0.4) is 0 Å². The van der Waals surface area contributed by atoms with Crippen molar-refractivity contribution < 1.29 is 4.79 Å². The van der Waals surface area contributed by atoms with Gasteiger partial charge in [0.25, 0.3) is 5.91 Å². The summed E-state index contributed by atoms with van der Waals surface area (Å²) in [5.74, 6) is 0.0225. The number of nitriles is 1. The minimum absolute atomic E-state index is 0.0225. The summed E-state index contributed by atoms with van der Waals surface area (Å²) < 4.78 is 0. The van der Waals surface area contributed by atoms with Crippen LogP contribution in [0.5, 0.6) is 0 Å². The van der Waals surface area contributed by atoms with E-state index in [4.69, 9.17) is 0 Å². The summed E-state index contributed by atoms with van der Waals surface area (Å²) >= 11 is 0. The van der Waals surface area contributed by atoms with Gasteiger partial charge in [-0.2, -0.15) is 5.26 Å².